The molecule has 5 heteroatoms. The summed E-state index contributed by atoms with van der Waals surface area (Å²) in [7, 11) is 0. The van der Waals surface area contributed by atoms with Crippen molar-refractivity contribution >= 4 is 23.3 Å². The molecule has 1 aromatic heterocycles. The molecule has 1 fully saturated rings. The molecule has 1 amide bonds. The normalized spacial score (nSPS) is 21.0. The van der Waals surface area contributed by atoms with Crippen LogP contribution in [0.25, 0.3) is 0 Å². The first-order valence-corrected chi connectivity index (χ1v) is 5.98. The van der Waals surface area contributed by atoms with Gasteiger partial charge >= 0.3 is 0 Å². The molecule has 1 saturated carbocycles. The van der Waals surface area contributed by atoms with E-state index < -0.39 is 0 Å². The predicted molar refractivity (Wildman–Crippen MR) is 67.9 cm³/mol. The molecule has 92 valence electrons. The van der Waals surface area contributed by atoms with Crippen molar-refractivity contribution in [2.24, 2.45) is 11.3 Å². The molecule has 0 spiro atoms. The van der Waals surface area contributed by atoms with Crippen molar-refractivity contribution < 1.29 is 4.79 Å². The number of carbonyl (C=O) groups excluding carboxylic acids is 1. The Morgan fingerprint density at radius 3 is 2.88 bits per heavy atom. The average Bonchev–Trinajstić information content (AvgIpc) is 2.87. The third kappa shape index (κ3) is 2.69. The third-order valence-corrected chi connectivity index (χ3v) is 3.61. The molecule has 1 aliphatic rings. The van der Waals surface area contributed by atoms with Crippen molar-refractivity contribution in [3.63, 3.8) is 0 Å². The van der Waals surface area contributed by atoms with Gasteiger partial charge in [-0.2, -0.15) is 0 Å². The zero-order valence-corrected chi connectivity index (χ0v) is 10.7. The number of halogens is 1. The van der Waals surface area contributed by atoms with Crippen LogP contribution in [0, 0.1) is 11.3 Å². The monoisotopic (exact) mass is 253 g/mol. The van der Waals surface area contributed by atoms with Crippen molar-refractivity contribution in [1.82, 2.24) is 10.3 Å². The SMILES string of the molecule is CC1(C)CC1CNC(=O)c1nc(N)ccc1Cl. The topological polar surface area (TPSA) is 68.0 Å². The molecule has 0 bridgehead atoms. The molecule has 2 rings (SSSR count). The fourth-order valence-electron chi connectivity index (χ4n) is 1.84. The molecule has 17 heavy (non-hydrogen) atoms. The summed E-state index contributed by atoms with van der Waals surface area (Å²) in [6, 6.07) is 3.16. The van der Waals surface area contributed by atoms with Crippen molar-refractivity contribution in [2.45, 2.75) is 20.3 Å². The van der Waals surface area contributed by atoms with E-state index in [0.717, 1.165) is 6.42 Å². The van der Waals surface area contributed by atoms with E-state index in [0.29, 0.717) is 28.7 Å². The summed E-state index contributed by atoms with van der Waals surface area (Å²) in [6.45, 7) is 5.05. The van der Waals surface area contributed by atoms with E-state index in [9.17, 15) is 4.79 Å². The van der Waals surface area contributed by atoms with Gasteiger partial charge in [0.2, 0.25) is 0 Å². The molecule has 1 unspecified atom stereocenters. The van der Waals surface area contributed by atoms with Crippen LogP contribution in [0.5, 0.6) is 0 Å². The van der Waals surface area contributed by atoms with Crippen molar-refractivity contribution in [3.05, 3.63) is 22.8 Å². The predicted octanol–water partition coefficient (Wildman–Crippen LogP) is 2.09. The van der Waals surface area contributed by atoms with E-state index in [-0.39, 0.29) is 11.6 Å². The first kappa shape index (κ1) is 12.2. The molecular formula is C12H16ClN3O. The van der Waals surface area contributed by atoms with Crippen molar-refractivity contribution in [2.75, 3.05) is 12.3 Å². The molecule has 1 atom stereocenters. The standard InChI is InChI=1S/C12H16ClN3O/c1-12(2)5-7(12)6-15-11(17)10-8(13)3-4-9(14)16-10/h3-4,7H,5-6H2,1-2H3,(H2,14,16)(H,15,17). The molecule has 0 aliphatic heterocycles. The molecular weight excluding hydrogens is 238 g/mol. The molecule has 1 heterocycles. The summed E-state index contributed by atoms with van der Waals surface area (Å²) in [6.07, 6.45) is 1.14. The Labute approximate surface area is 106 Å². The number of nitrogens with zero attached hydrogens (tertiary/aromatic N) is 1. The van der Waals surface area contributed by atoms with Crippen LogP contribution in [0.3, 0.4) is 0 Å². The number of hydrogen-bond donors (Lipinski definition) is 2. The van der Waals surface area contributed by atoms with Gasteiger partial charge in [-0.05, 0) is 29.9 Å². The first-order valence-electron chi connectivity index (χ1n) is 5.60. The second kappa shape index (κ2) is 4.18. The lowest BCUT2D eigenvalue weighted by atomic mass is 10.1. The number of carbonyl (C=O) groups is 1. The lowest BCUT2D eigenvalue weighted by Gasteiger charge is -2.07. The minimum absolute atomic E-state index is 0.199. The molecule has 3 N–H and O–H groups in total. The lowest BCUT2D eigenvalue weighted by Crippen LogP contribution is -2.27. The largest absolute Gasteiger partial charge is 0.384 e. The number of nitrogens with one attached hydrogen (secondary N) is 1. The first-order chi connectivity index (χ1) is 7.90. The summed E-state index contributed by atoms with van der Waals surface area (Å²) in [5, 5.41) is 3.17. The van der Waals surface area contributed by atoms with Crippen LogP contribution in [0.4, 0.5) is 5.82 Å². The highest BCUT2D eigenvalue weighted by Gasteiger charge is 2.45. The molecule has 0 radical (unpaired) electrons. The highest BCUT2D eigenvalue weighted by molar-refractivity contribution is 6.33. The maximum Gasteiger partial charge on any atom is 0.271 e. The van der Waals surface area contributed by atoms with Crippen LogP contribution in [-0.4, -0.2) is 17.4 Å². The maximum absolute atomic E-state index is 11.8. The Kier molecular flexibility index (Phi) is 3.00. The fraction of sp³-hybridized carbons (Fsp3) is 0.500. The van der Waals surface area contributed by atoms with E-state index >= 15 is 0 Å². The second-order valence-electron chi connectivity index (χ2n) is 5.17. The van der Waals surface area contributed by atoms with Crippen LogP contribution >= 0.6 is 11.6 Å². The number of nitrogens with two attached hydrogens (primary N) is 1. The van der Waals surface area contributed by atoms with E-state index in [1.54, 1.807) is 12.1 Å². The number of anilines is 1. The quantitative estimate of drug-likeness (QED) is 0.867. The van der Waals surface area contributed by atoms with Gasteiger partial charge < -0.3 is 11.1 Å². The molecule has 4 nitrogen and oxygen atoms in total. The van der Waals surface area contributed by atoms with Gasteiger partial charge in [-0.3, -0.25) is 4.79 Å². The summed E-state index contributed by atoms with van der Waals surface area (Å²) in [5.74, 6) is 0.586. The number of hydrogen-bond acceptors (Lipinski definition) is 3. The summed E-state index contributed by atoms with van der Waals surface area (Å²) >= 11 is 5.90. The Bertz CT molecular complexity index is 459. The Morgan fingerprint density at radius 2 is 2.29 bits per heavy atom. The summed E-state index contributed by atoms with van der Waals surface area (Å²) in [4.78, 5) is 15.8. The van der Waals surface area contributed by atoms with Gasteiger partial charge in [0.15, 0.2) is 0 Å². The van der Waals surface area contributed by atoms with E-state index in [1.807, 2.05) is 0 Å². The highest BCUT2D eigenvalue weighted by Crippen LogP contribution is 2.50. The van der Waals surface area contributed by atoms with Crippen LogP contribution in [0.15, 0.2) is 12.1 Å². The number of rotatable bonds is 3. The Balaban J connectivity index is 1.98. The summed E-state index contributed by atoms with van der Waals surface area (Å²) < 4.78 is 0. The molecule has 0 aromatic carbocycles. The zero-order valence-electron chi connectivity index (χ0n) is 9.96. The van der Waals surface area contributed by atoms with Gasteiger partial charge in [0.1, 0.15) is 11.5 Å². The van der Waals surface area contributed by atoms with Crippen LogP contribution < -0.4 is 11.1 Å². The van der Waals surface area contributed by atoms with Crippen LogP contribution in [0.1, 0.15) is 30.8 Å². The molecule has 0 saturated heterocycles. The van der Waals surface area contributed by atoms with E-state index in [1.165, 1.54) is 0 Å². The number of aromatic nitrogens is 1. The van der Waals surface area contributed by atoms with E-state index in [2.05, 4.69) is 24.1 Å². The minimum Gasteiger partial charge on any atom is -0.384 e. The highest BCUT2D eigenvalue weighted by atomic mass is 35.5. The summed E-state index contributed by atoms with van der Waals surface area (Å²) in [5.41, 5.74) is 6.07. The zero-order chi connectivity index (χ0) is 12.6. The van der Waals surface area contributed by atoms with Crippen molar-refractivity contribution in [1.29, 1.82) is 0 Å². The molecule has 1 aliphatic carbocycles. The van der Waals surface area contributed by atoms with Gasteiger partial charge in [0, 0.05) is 6.54 Å². The maximum atomic E-state index is 11.8. The van der Waals surface area contributed by atoms with Gasteiger partial charge in [0.05, 0.1) is 5.02 Å². The number of nitrogen functional groups attached to an aromatic ring is 1. The van der Waals surface area contributed by atoms with Gasteiger partial charge in [-0.25, -0.2) is 4.98 Å². The van der Waals surface area contributed by atoms with Gasteiger partial charge in [-0.15, -0.1) is 0 Å². The van der Waals surface area contributed by atoms with Gasteiger partial charge in [-0.1, -0.05) is 25.4 Å². The lowest BCUT2D eigenvalue weighted by molar-refractivity contribution is 0.0946. The van der Waals surface area contributed by atoms with Crippen LogP contribution in [0.2, 0.25) is 5.02 Å². The molecule has 1 aromatic rings. The van der Waals surface area contributed by atoms with Crippen molar-refractivity contribution in [3.8, 4) is 0 Å². The second-order valence-corrected chi connectivity index (χ2v) is 5.57. The average molecular weight is 254 g/mol. The Hall–Kier alpha value is -1.29. The van der Waals surface area contributed by atoms with E-state index in [4.69, 9.17) is 17.3 Å². The number of amides is 1. The fourth-order valence-corrected chi connectivity index (χ4v) is 2.03. The van der Waals surface area contributed by atoms with Gasteiger partial charge in [0.25, 0.3) is 5.91 Å². The Morgan fingerprint density at radius 1 is 1.65 bits per heavy atom. The smallest absolute Gasteiger partial charge is 0.271 e. The third-order valence-electron chi connectivity index (χ3n) is 3.31. The van der Waals surface area contributed by atoms with Crippen LogP contribution in [-0.2, 0) is 0 Å². The number of pyridine rings is 1. The minimum atomic E-state index is -0.259.